The average Bonchev–Trinajstić information content (AvgIpc) is 2.47. The number of halogens is 1. The van der Waals surface area contributed by atoms with E-state index in [1.165, 1.54) is 6.20 Å². The zero-order valence-electron chi connectivity index (χ0n) is 11.7. The minimum absolute atomic E-state index is 0.0577. The summed E-state index contributed by atoms with van der Waals surface area (Å²) in [5.74, 6) is -0.219. The van der Waals surface area contributed by atoms with Crippen molar-refractivity contribution in [1.82, 2.24) is 4.90 Å². The lowest BCUT2D eigenvalue weighted by Crippen LogP contribution is -2.20. The molecule has 0 bridgehead atoms. The highest BCUT2D eigenvalue weighted by atomic mass is 19.1. The number of hydrogen-bond donors (Lipinski definition) is 0. The summed E-state index contributed by atoms with van der Waals surface area (Å²) in [5.41, 5.74) is 0.927. The van der Waals surface area contributed by atoms with Crippen molar-refractivity contribution in [2.24, 2.45) is 5.41 Å². The lowest BCUT2D eigenvalue weighted by molar-refractivity contribution is 0.439. The molecule has 0 N–H and O–H groups in total. The van der Waals surface area contributed by atoms with E-state index in [4.69, 9.17) is 0 Å². The van der Waals surface area contributed by atoms with Crippen LogP contribution in [0.15, 0.2) is 60.8 Å². The van der Waals surface area contributed by atoms with Gasteiger partial charge in [0.05, 0.1) is 0 Å². The van der Waals surface area contributed by atoms with Crippen LogP contribution in [0.1, 0.15) is 27.7 Å². The molecule has 0 aromatic heterocycles. The summed E-state index contributed by atoms with van der Waals surface area (Å²) < 4.78 is 13.8. The molecule has 1 heterocycles. The summed E-state index contributed by atoms with van der Waals surface area (Å²) in [6.07, 6.45) is 12.6. The lowest BCUT2D eigenvalue weighted by atomic mass is 9.86. The Bertz CT molecular complexity index is 419. The molecule has 0 amide bonds. The maximum Gasteiger partial charge on any atom is 0.139 e. The van der Waals surface area contributed by atoms with Crippen molar-refractivity contribution < 1.29 is 4.39 Å². The molecule has 0 saturated heterocycles. The third-order valence-corrected chi connectivity index (χ3v) is 2.85. The van der Waals surface area contributed by atoms with Crippen molar-refractivity contribution in [2.45, 2.75) is 33.7 Å². The highest BCUT2D eigenvalue weighted by Gasteiger charge is 2.18. The monoisotopic (exact) mass is 247 g/mol. The molecule has 1 rings (SSSR count). The van der Waals surface area contributed by atoms with Gasteiger partial charge in [0.2, 0.25) is 0 Å². The van der Waals surface area contributed by atoms with E-state index in [1.54, 1.807) is 12.2 Å². The fourth-order valence-electron chi connectivity index (χ4n) is 1.64. The highest BCUT2D eigenvalue weighted by molar-refractivity contribution is 5.34. The molecular formula is C16H22FN. The quantitative estimate of drug-likeness (QED) is 0.652. The van der Waals surface area contributed by atoms with Crippen molar-refractivity contribution in [1.29, 1.82) is 0 Å². The van der Waals surface area contributed by atoms with Gasteiger partial charge in [-0.15, -0.1) is 0 Å². The standard InChI is InChI=1S/C16H22FN/c1-6-7-8-13(2)18-10-9-14(16(3,4)5)11-15(17)12-18/h6-13H,1H2,2-5H3/b8-7-. The fourth-order valence-corrected chi connectivity index (χ4v) is 1.64. The third kappa shape index (κ3) is 4.02. The van der Waals surface area contributed by atoms with Crippen molar-refractivity contribution >= 4 is 0 Å². The van der Waals surface area contributed by atoms with Crippen LogP contribution in [0.5, 0.6) is 0 Å². The van der Waals surface area contributed by atoms with Crippen LogP contribution in [0.25, 0.3) is 0 Å². The van der Waals surface area contributed by atoms with Crippen LogP contribution >= 0.6 is 0 Å². The fraction of sp³-hybridized carbons (Fsp3) is 0.375. The molecule has 2 heteroatoms. The maximum absolute atomic E-state index is 13.8. The second kappa shape index (κ2) is 5.85. The molecular weight excluding hydrogens is 225 g/mol. The summed E-state index contributed by atoms with van der Waals surface area (Å²) in [6.45, 7) is 11.9. The lowest BCUT2D eigenvalue weighted by Gasteiger charge is -2.21. The van der Waals surface area contributed by atoms with Gasteiger partial charge in [-0.25, -0.2) is 4.39 Å². The normalized spacial score (nSPS) is 18.4. The van der Waals surface area contributed by atoms with Crippen LogP contribution in [0.2, 0.25) is 0 Å². The first-order chi connectivity index (χ1) is 8.34. The zero-order chi connectivity index (χ0) is 13.8. The average molecular weight is 247 g/mol. The third-order valence-electron chi connectivity index (χ3n) is 2.85. The molecule has 0 aromatic rings. The van der Waals surface area contributed by atoms with Gasteiger partial charge in [-0.05, 0) is 30.1 Å². The molecule has 1 atom stereocenters. The first-order valence-corrected chi connectivity index (χ1v) is 6.19. The largest absolute Gasteiger partial charge is 0.345 e. The summed E-state index contributed by atoms with van der Waals surface area (Å²) in [6, 6.07) is 0.0951. The van der Waals surface area contributed by atoms with E-state index in [0.29, 0.717) is 0 Å². The Morgan fingerprint density at radius 1 is 1.39 bits per heavy atom. The zero-order valence-corrected chi connectivity index (χ0v) is 11.7. The molecule has 0 fully saturated rings. The van der Waals surface area contributed by atoms with Gasteiger partial charge in [-0.1, -0.05) is 45.6 Å². The molecule has 1 aliphatic rings. The van der Waals surface area contributed by atoms with Crippen LogP contribution in [0.3, 0.4) is 0 Å². The molecule has 1 unspecified atom stereocenters. The van der Waals surface area contributed by atoms with E-state index >= 15 is 0 Å². The second-order valence-corrected chi connectivity index (χ2v) is 5.49. The predicted molar refractivity (Wildman–Crippen MR) is 76.5 cm³/mol. The molecule has 0 aromatic carbocycles. The van der Waals surface area contributed by atoms with Crippen molar-refractivity contribution in [2.75, 3.05) is 0 Å². The van der Waals surface area contributed by atoms with Gasteiger partial charge in [0.15, 0.2) is 0 Å². The van der Waals surface area contributed by atoms with Gasteiger partial charge in [-0.2, -0.15) is 0 Å². The van der Waals surface area contributed by atoms with Crippen LogP contribution < -0.4 is 0 Å². The Morgan fingerprint density at radius 2 is 2.06 bits per heavy atom. The summed E-state index contributed by atoms with van der Waals surface area (Å²) in [7, 11) is 0. The highest BCUT2D eigenvalue weighted by Crippen LogP contribution is 2.29. The SMILES string of the molecule is C=C/C=C\C(C)N1C=CC(C(C)(C)C)=CC(F)=C1. The Hall–Kier alpha value is -1.57. The van der Waals surface area contributed by atoms with E-state index < -0.39 is 0 Å². The van der Waals surface area contributed by atoms with E-state index in [0.717, 1.165) is 5.57 Å². The molecule has 18 heavy (non-hydrogen) atoms. The number of nitrogens with zero attached hydrogens (tertiary/aromatic N) is 1. The molecule has 0 spiro atoms. The number of rotatable bonds is 3. The Kier molecular flexibility index (Phi) is 4.71. The first-order valence-electron chi connectivity index (χ1n) is 6.19. The van der Waals surface area contributed by atoms with Crippen LogP contribution in [0, 0.1) is 5.41 Å². The summed E-state index contributed by atoms with van der Waals surface area (Å²) in [5, 5.41) is 0. The molecule has 0 radical (unpaired) electrons. The van der Waals surface area contributed by atoms with Gasteiger partial charge < -0.3 is 4.90 Å². The molecule has 0 aliphatic carbocycles. The van der Waals surface area contributed by atoms with Crippen molar-refractivity contribution in [3.8, 4) is 0 Å². The topological polar surface area (TPSA) is 3.24 Å². The number of hydrogen-bond acceptors (Lipinski definition) is 1. The van der Waals surface area contributed by atoms with Crippen molar-refractivity contribution in [3.05, 3.63) is 60.8 Å². The van der Waals surface area contributed by atoms with E-state index in [9.17, 15) is 4.39 Å². The number of allylic oxidation sites excluding steroid dienone is 6. The van der Waals surface area contributed by atoms with Crippen LogP contribution in [0.4, 0.5) is 4.39 Å². The second-order valence-electron chi connectivity index (χ2n) is 5.49. The van der Waals surface area contributed by atoms with Gasteiger partial charge >= 0.3 is 0 Å². The Morgan fingerprint density at radius 3 is 2.61 bits per heavy atom. The van der Waals surface area contributed by atoms with Crippen LogP contribution in [-0.4, -0.2) is 10.9 Å². The first kappa shape index (κ1) is 14.5. The minimum atomic E-state index is -0.219. The van der Waals surface area contributed by atoms with E-state index in [-0.39, 0.29) is 17.3 Å². The minimum Gasteiger partial charge on any atom is -0.345 e. The van der Waals surface area contributed by atoms with Gasteiger partial charge in [0, 0.05) is 18.4 Å². The maximum atomic E-state index is 13.8. The smallest absolute Gasteiger partial charge is 0.139 e. The van der Waals surface area contributed by atoms with E-state index in [2.05, 4.69) is 27.4 Å². The van der Waals surface area contributed by atoms with Gasteiger partial charge in [0.25, 0.3) is 0 Å². The molecule has 0 saturated carbocycles. The van der Waals surface area contributed by atoms with Crippen LogP contribution in [-0.2, 0) is 0 Å². The molecule has 1 aliphatic heterocycles. The Balaban J connectivity index is 2.95. The summed E-state index contributed by atoms with van der Waals surface area (Å²) >= 11 is 0. The Labute approximate surface area is 110 Å². The molecule has 1 nitrogen and oxygen atoms in total. The predicted octanol–water partition coefficient (Wildman–Crippen LogP) is 4.73. The van der Waals surface area contributed by atoms with E-state index in [1.807, 2.05) is 36.3 Å². The van der Waals surface area contributed by atoms with Gasteiger partial charge in [-0.3, -0.25) is 0 Å². The van der Waals surface area contributed by atoms with Gasteiger partial charge in [0.1, 0.15) is 5.83 Å². The molecule has 98 valence electrons. The summed E-state index contributed by atoms with van der Waals surface area (Å²) in [4.78, 5) is 1.85. The van der Waals surface area contributed by atoms with Crippen molar-refractivity contribution in [3.63, 3.8) is 0 Å².